The number of nitrogens with one attached hydrogen (secondary N) is 2. The van der Waals surface area contributed by atoms with Crippen LogP contribution in [0.5, 0.6) is 0 Å². The highest BCUT2D eigenvalue weighted by molar-refractivity contribution is 7.89. The van der Waals surface area contributed by atoms with Crippen molar-refractivity contribution in [3.05, 3.63) is 59.1 Å². The number of benzene rings is 2. The van der Waals surface area contributed by atoms with E-state index in [2.05, 4.69) is 10.0 Å². The number of carboxylic acid groups (broad SMARTS) is 1. The highest BCUT2D eigenvalue weighted by atomic mass is 35.5. The van der Waals surface area contributed by atoms with Gasteiger partial charge in [0.15, 0.2) is 0 Å². The van der Waals surface area contributed by atoms with E-state index < -0.39 is 28.5 Å². The van der Waals surface area contributed by atoms with Gasteiger partial charge in [0, 0.05) is 30.0 Å². The first kappa shape index (κ1) is 19.9. The van der Waals surface area contributed by atoms with Gasteiger partial charge in [-0.3, -0.25) is 4.79 Å². The summed E-state index contributed by atoms with van der Waals surface area (Å²) in [5.74, 6) is -1.70. The molecule has 0 heterocycles. The average Bonchev–Trinajstić information content (AvgIpc) is 2.54. The van der Waals surface area contributed by atoms with Crippen molar-refractivity contribution in [2.75, 3.05) is 5.32 Å². The van der Waals surface area contributed by atoms with Crippen molar-refractivity contribution in [3.8, 4) is 0 Å². The zero-order valence-corrected chi connectivity index (χ0v) is 15.3. The Hall–Kier alpha value is -2.42. The molecule has 0 spiro atoms. The molecular weight excluding hydrogens is 380 g/mol. The number of aliphatic carboxylic acids is 1. The summed E-state index contributed by atoms with van der Waals surface area (Å²) in [6.45, 7) is 1.33. The summed E-state index contributed by atoms with van der Waals surface area (Å²) in [7, 11) is -4.03. The molecule has 9 heteroatoms. The molecule has 138 valence electrons. The Labute approximate surface area is 156 Å². The number of amides is 1. The first-order valence-corrected chi connectivity index (χ1v) is 9.39. The van der Waals surface area contributed by atoms with Crippen molar-refractivity contribution in [2.24, 2.45) is 0 Å². The number of sulfonamides is 1. The minimum absolute atomic E-state index is 0.0815. The van der Waals surface area contributed by atoms with Crippen molar-refractivity contribution in [2.45, 2.75) is 24.3 Å². The van der Waals surface area contributed by atoms with Crippen LogP contribution in [0.25, 0.3) is 0 Å². The van der Waals surface area contributed by atoms with Crippen LogP contribution in [0.4, 0.5) is 5.69 Å². The number of carbonyl (C=O) groups is 2. The molecule has 7 nitrogen and oxygen atoms in total. The second kappa shape index (κ2) is 8.31. The maximum Gasteiger partial charge on any atom is 0.241 e. The van der Waals surface area contributed by atoms with Crippen molar-refractivity contribution in [1.29, 1.82) is 0 Å². The lowest BCUT2D eigenvalue weighted by Gasteiger charge is -2.21. The molecule has 0 unspecified atom stereocenters. The van der Waals surface area contributed by atoms with Crippen LogP contribution in [0.3, 0.4) is 0 Å². The normalized spacial score (nSPS) is 12.4. The lowest BCUT2D eigenvalue weighted by atomic mass is 10.1. The molecule has 2 aromatic rings. The minimum Gasteiger partial charge on any atom is -0.550 e. The largest absolute Gasteiger partial charge is 0.550 e. The van der Waals surface area contributed by atoms with E-state index in [0.29, 0.717) is 11.3 Å². The van der Waals surface area contributed by atoms with Crippen LogP contribution in [0.15, 0.2) is 53.4 Å². The summed E-state index contributed by atoms with van der Waals surface area (Å²) < 4.78 is 27.5. The molecule has 0 bridgehead atoms. The van der Waals surface area contributed by atoms with Gasteiger partial charge < -0.3 is 15.2 Å². The van der Waals surface area contributed by atoms with Crippen LogP contribution >= 0.6 is 11.6 Å². The maximum atomic E-state index is 12.6. The molecule has 0 aliphatic carbocycles. The molecule has 2 rings (SSSR count). The second-order valence-corrected chi connectivity index (χ2v) is 7.60. The van der Waals surface area contributed by atoms with Gasteiger partial charge >= 0.3 is 0 Å². The van der Waals surface area contributed by atoms with Gasteiger partial charge in [0.2, 0.25) is 15.9 Å². The highest BCUT2D eigenvalue weighted by Crippen LogP contribution is 2.27. The van der Waals surface area contributed by atoms with E-state index in [9.17, 15) is 23.1 Å². The summed E-state index contributed by atoms with van der Waals surface area (Å²) in [6.07, 6.45) is -0.576. The Morgan fingerprint density at radius 3 is 2.27 bits per heavy atom. The van der Waals surface area contributed by atoms with Crippen molar-refractivity contribution < 1.29 is 23.1 Å². The third-order valence-corrected chi connectivity index (χ3v) is 5.27. The molecule has 0 fully saturated rings. The molecular formula is C17H16ClN2O5S-. The topological polar surface area (TPSA) is 115 Å². The Bertz CT molecular complexity index is 913. The fourth-order valence-electron chi connectivity index (χ4n) is 2.32. The molecule has 1 amide bonds. The van der Waals surface area contributed by atoms with Crippen molar-refractivity contribution in [3.63, 3.8) is 0 Å². The third kappa shape index (κ3) is 5.29. The quantitative estimate of drug-likeness (QED) is 0.736. The molecule has 0 radical (unpaired) electrons. The molecule has 26 heavy (non-hydrogen) atoms. The monoisotopic (exact) mass is 395 g/mol. The highest BCUT2D eigenvalue weighted by Gasteiger charge is 2.23. The van der Waals surface area contributed by atoms with Crippen LogP contribution in [-0.2, 0) is 19.6 Å². The minimum atomic E-state index is -4.03. The second-order valence-electron chi connectivity index (χ2n) is 5.48. The van der Waals surface area contributed by atoms with Crippen LogP contribution in [0.1, 0.15) is 24.9 Å². The van der Waals surface area contributed by atoms with Gasteiger partial charge in [-0.2, -0.15) is 0 Å². The van der Waals surface area contributed by atoms with E-state index in [0.717, 1.165) is 0 Å². The van der Waals surface area contributed by atoms with Crippen LogP contribution in [0, 0.1) is 0 Å². The number of rotatable bonds is 7. The number of halogens is 1. The van der Waals surface area contributed by atoms with Gasteiger partial charge in [-0.25, -0.2) is 13.1 Å². The number of hydrogen-bond acceptors (Lipinski definition) is 5. The molecule has 2 N–H and O–H groups in total. The first-order valence-electron chi connectivity index (χ1n) is 7.53. The molecule has 0 aromatic heterocycles. The van der Waals surface area contributed by atoms with E-state index in [1.807, 2.05) is 0 Å². The molecule has 1 atom stereocenters. The molecule has 2 aromatic carbocycles. The molecule has 0 saturated carbocycles. The summed E-state index contributed by atoms with van der Waals surface area (Å²) in [4.78, 5) is 22.0. The van der Waals surface area contributed by atoms with E-state index >= 15 is 0 Å². The van der Waals surface area contributed by atoms with Crippen molar-refractivity contribution >= 4 is 39.2 Å². The number of carboxylic acids is 1. The SMILES string of the molecule is CC(=O)Nc1ccc(S(=O)(=O)N[C@@H](CC(=O)[O-])c2ccccc2Cl)cc1. The van der Waals surface area contributed by atoms with Gasteiger partial charge in [-0.05, 0) is 35.9 Å². The predicted molar refractivity (Wildman–Crippen MR) is 94.9 cm³/mol. The van der Waals surface area contributed by atoms with Crippen LogP contribution < -0.4 is 15.1 Å². The van der Waals surface area contributed by atoms with Gasteiger partial charge in [0.25, 0.3) is 0 Å². The fourth-order valence-corrected chi connectivity index (χ4v) is 3.80. The van der Waals surface area contributed by atoms with Crippen LogP contribution in [-0.4, -0.2) is 20.3 Å². The zero-order chi connectivity index (χ0) is 19.3. The Morgan fingerprint density at radius 2 is 1.73 bits per heavy atom. The Kier molecular flexibility index (Phi) is 6.36. The van der Waals surface area contributed by atoms with Gasteiger partial charge in [0.1, 0.15) is 0 Å². The van der Waals surface area contributed by atoms with Crippen LogP contribution in [0.2, 0.25) is 5.02 Å². The summed E-state index contributed by atoms with van der Waals surface area (Å²) in [5, 5.41) is 13.8. The standard InChI is InChI=1S/C17H17ClN2O5S/c1-11(21)19-12-6-8-13(9-7-12)26(24,25)20-16(10-17(22)23)14-4-2-3-5-15(14)18/h2-9,16,20H,10H2,1H3,(H,19,21)(H,22,23)/p-1/t16-/m0/s1. The number of anilines is 1. The predicted octanol–water partition coefficient (Wildman–Crippen LogP) is 1.46. The average molecular weight is 396 g/mol. The summed E-state index contributed by atoms with van der Waals surface area (Å²) in [6, 6.07) is 10.7. The van der Waals surface area contributed by atoms with Gasteiger partial charge in [0.05, 0.1) is 10.9 Å². The summed E-state index contributed by atoms with van der Waals surface area (Å²) >= 11 is 6.06. The number of carbonyl (C=O) groups excluding carboxylic acids is 2. The number of hydrogen-bond donors (Lipinski definition) is 2. The van der Waals surface area contributed by atoms with Gasteiger partial charge in [-0.15, -0.1) is 0 Å². The van der Waals surface area contributed by atoms with Gasteiger partial charge in [-0.1, -0.05) is 29.8 Å². The Balaban J connectivity index is 2.30. The lowest BCUT2D eigenvalue weighted by molar-refractivity contribution is -0.306. The zero-order valence-electron chi connectivity index (χ0n) is 13.7. The Morgan fingerprint density at radius 1 is 1.12 bits per heavy atom. The van der Waals surface area contributed by atoms with Crippen molar-refractivity contribution in [1.82, 2.24) is 4.72 Å². The maximum absolute atomic E-state index is 12.6. The third-order valence-electron chi connectivity index (χ3n) is 3.43. The van der Waals surface area contributed by atoms with E-state index in [-0.39, 0.29) is 15.8 Å². The van der Waals surface area contributed by atoms with E-state index in [1.165, 1.54) is 37.3 Å². The van der Waals surface area contributed by atoms with E-state index in [4.69, 9.17) is 11.6 Å². The van der Waals surface area contributed by atoms with E-state index in [1.54, 1.807) is 18.2 Å². The molecule has 0 aliphatic rings. The smallest absolute Gasteiger partial charge is 0.241 e. The fraction of sp³-hybridized carbons (Fsp3) is 0.176. The first-order chi connectivity index (χ1) is 12.2. The summed E-state index contributed by atoms with van der Waals surface area (Å²) in [5.41, 5.74) is 0.769. The lowest BCUT2D eigenvalue weighted by Crippen LogP contribution is -2.34. The molecule has 0 saturated heterocycles. The molecule has 0 aliphatic heterocycles.